The van der Waals surface area contributed by atoms with Gasteiger partial charge in [0.2, 0.25) is 5.91 Å². The van der Waals surface area contributed by atoms with Gasteiger partial charge in [0.25, 0.3) is 0 Å². The minimum Gasteiger partial charge on any atom is -0.382 e. The molecule has 1 aliphatic heterocycles. The second kappa shape index (κ2) is 4.63. The Morgan fingerprint density at radius 3 is 2.62 bits per heavy atom. The minimum absolute atomic E-state index is 0.346. The molecule has 1 amide bonds. The molecule has 1 unspecified atom stereocenters. The fraction of sp³-hybridized carbons (Fsp3) is 0.417. The Kier molecular flexibility index (Phi) is 3.22. The van der Waals surface area contributed by atoms with Crippen molar-refractivity contribution in [1.82, 2.24) is 4.90 Å². The van der Waals surface area contributed by atoms with E-state index in [0.29, 0.717) is 12.5 Å². The molecule has 4 heteroatoms. The zero-order chi connectivity index (χ0) is 11.5. The van der Waals surface area contributed by atoms with E-state index >= 15 is 0 Å². The number of hydrogen-bond acceptors (Lipinski definition) is 3. The third kappa shape index (κ3) is 2.40. The molecule has 0 spiro atoms. The lowest BCUT2D eigenvalue weighted by Gasteiger charge is -2.40. The molecule has 16 heavy (non-hydrogen) atoms. The minimum atomic E-state index is -1.04. The van der Waals surface area contributed by atoms with Gasteiger partial charge in [0.05, 0.1) is 0 Å². The third-order valence-electron chi connectivity index (χ3n) is 2.99. The first kappa shape index (κ1) is 11.1. The van der Waals surface area contributed by atoms with E-state index in [2.05, 4.69) is 12.1 Å². The predicted molar refractivity (Wildman–Crippen MR) is 60.8 cm³/mol. The second-order valence-corrected chi connectivity index (χ2v) is 4.24. The lowest BCUT2D eigenvalue weighted by molar-refractivity contribution is -0.127. The van der Waals surface area contributed by atoms with E-state index in [1.165, 1.54) is 5.56 Å². The van der Waals surface area contributed by atoms with Crippen LogP contribution in [0.5, 0.6) is 0 Å². The molecule has 3 N–H and O–H groups in total. The number of nitrogens with zero attached hydrogens (tertiary/aromatic N) is 1. The number of carbonyl (C=O) groups is 1. The lowest BCUT2D eigenvalue weighted by Crippen LogP contribution is -2.50. The molecule has 2 rings (SSSR count). The van der Waals surface area contributed by atoms with Crippen LogP contribution in [0.3, 0.4) is 0 Å². The molecule has 1 saturated heterocycles. The standard InChI is InChI=1S/C12H16N2O2/c13-12(16)11(15)8-14-6-10(7-14)9-4-2-1-3-5-9/h1-5,10-11,15H,6-8H2,(H2,13,16). The summed E-state index contributed by atoms with van der Waals surface area (Å²) in [5, 5.41) is 9.30. The van der Waals surface area contributed by atoms with Crippen LogP contribution in [0.15, 0.2) is 30.3 Å². The molecule has 0 radical (unpaired) electrons. The van der Waals surface area contributed by atoms with E-state index in [1.807, 2.05) is 23.1 Å². The SMILES string of the molecule is NC(=O)C(O)CN1CC(c2ccccc2)C1. The number of carbonyl (C=O) groups excluding carboxylic acids is 1. The molecule has 1 heterocycles. The number of β-amino-alcohol motifs (C(OH)–C–C–N with tert-alkyl or cyclic N) is 1. The summed E-state index contributed by atoms with van der Waals surface area (Å²) in [6.07, 6.45) is -1.04. The quantitative estimate of drug-likeness (QED) is 0.746. The average molecular weight is 220 g/mol. The monoisotopic (exact) mass is 220 g/mol. The van der Waals surface area contributed by atoms with Crippen LogP contribution in [0.2, 0.25) is 0 Å². The molecule has 86 valence electrons. The number of rotatable bonds is 4. The summed E-state index contributed by atoms with van der Waals surface area (Å²) >= 11 is 0. The number of aliphatic hydroxyl groups excluding tert-OH is 1. The van der Waals surface area contributed by atoms with Crippen LogP contribution in [0.25, 0.3) is 0 Å². The molecule has 0 bridgehead atoms. The number of hydrogen-bond donors (Lipinski definition) is 2. The zero-order valence-corrected chi connectivity index (χ0v) is 9.04. The molecule has 0 saturated carbocycles. The van der Waals surface area contributed by atoms with Crippen molar-refractivity contribution in [2.75, 3.05) is 19.6 Å². The number of amides is 1. The first-order chi connectivity index (χ1) is 7.66. The molecule has 1 aromatic carbocycles. The first-order valence-corrected chi connectivity index (χ1v) is 5.41. The van der Waals surface area contributed by atoms with E-state index in [9.17, 15) is 9.90 Å². The molecule has 4 nitrogen and oxygen atoms in total. The van der Waals surface area contributed by atoms with Crippen molar-refractivity contribution in [2.24, 2.45) is 5.73 Å². The van der Waals surface area contributed by atoms with Crippen molar-refractivity contribution in [3.05, 3.63) is 35.9 Å². The first-order valence-electron chi connectivity index (χ1n) is 5.41. The van der Waals surface area contributed by atoms with E-state index in [1.54, 1.807) is 0 Å². The largest absolute Gasteiger partial charge is 0.382 e. The normalized spacial score (nSPS) is 19.1. The molecule has 1 atom stereocenters. The van der Waals surface area contributed by atoms with E-state index in [4.69, 9.17) is 5.73 Å². The Labute approximate surface area is 94.7 Å². The fourth-order valence-electron chi connectivity index (χ4n) is 1.99. The maximum atomic E-state index is 10.7. The Morgan fingerprint density at radius 2 is 2.06 bits per heavy atom. The van der Waals surface area contributed by atoms with Crippen LogP contribution >= 0.6 is 0 Å². The van der Waals surface area contributed by atoms with Gasteiger partial charge in [-0.2, -0.15) is 0 Å². The summed E-state index contributed by atoms with van der Waals surface area (Å²) in [5.74, 6) is -0.135. The highest BCUT2D eigenvalue weighted by Crippen LogP contribution is 2.26. The highest BCUT2D eigenvalue weighted by atomic mass is 16.3. The third-order valence-corrected chi connectivity index (χ3v) is 2.99. The molecule has 0 aromatic heterocycles. The van der Waals surface area contributed by atoms with Crippen molar-refractivity contribution in [1.29, 1.82) is 0 Å². The Bertz CT molecular complexity index is 361. The van der Waals surface area contributed by atoms with Gasteiger partial charge < -0.3 is 10.8 Å². The highest BCUT2D eigenvalue weighted by molar-refractivity contribution is 5.78. The van der Waals surface area contributed by atoms with Gasteiger partial charge in [0.15, 0.2) is 0 Å². The maximum absolute atomic E-state index is 10.7. The van der Waals surface area contributed by atoms with Crippen LogP contribution < -0.4 is 5.73 Å². The second-order valence-electron chi connectivity index (χ2n) is 4.24. The molecule has 1 aromatic rings. The van der Waals surface area contributed by atoms with Crippen molar-refractivity contribution in [3.63, 3.8) is 0 Å². The van der Waals surface area contributed by atoms with Crippen LogP contribution in [0, 0.1) is 0 Å². The van der Waals surface area contributed by atoms with Gasteiger partial charge in [0.1, 0.15) is 6.10 Å². The van der Waals surface area contributed by atoms with Crippen LogP contribution in [-0.2, 0) is 4.79 Å². The molecule has 0 aliphatic carbocycles. The van der Waals surface area contributed by atoms with Gasteiger partial charge in [-0.15, -0.1) is 0 Å². The molecular formula is C12H16N2O2. The van der Waals surface area contributed by atoms with Gasteiger partial charge >= 0.3 is 0 Å². The topological polar surface area (TPSA) is 66.6 Å². The zero-order valence-electron chi connectivity index (χ0n) is 9.04. The Hall–Kier alpha value is -1.39. The summed E-state index contributed by atoms with van der Waals surface area (Å²) in [7, 11) is 0. The number of primary amides is 1. The highest BCUT2D eigenvalue weighted by Gasteiger charge is 2.30. The van der Waals surface area contributed by atoms with Gasteiger partial charge in [0, 0.05) is 25.6 Å². The van der Waals surface area contributed by atoms with E-state index < -0.39 is 12.0 Å². The van der Waals surface area contributed by atoms with E-state index in [-0.39, 0.29) is 0 Å². The van der Waals surface area contributed by atoms with Gasteiger partial charge in [-0.25, -0.2) is 0 Å². The van der Waals surface area contributed by atoms with E-state index in [0.717, 1.165) is 13.1 Å². The van der Waals surface area contributed by atoms with Crippen LogP contribution in [-0.4, -0.2) is 41.7 Å². The Morgan fingerprint density at radius 1 is 1.44 bits per heavy atom. The summed E-state index contributed by atoms with van der Waals surface area (Å²) in [4.78, 5) is 12.7. The smallest absolute Gasteiger partial charge is 0.247 e. The number of aliphatic hydroxyl groups is 1. The molecular weight excluding hydrogens is 204 g/mol. The van der Waals surface area contributed by atoms with Crippen molar-refractivity contribution in [2.45, 2.75) is 12.0 Å². The summed E-state index contributed by atoms with van der Waals surface area (Å²) in [6.45, 7) is 2.11. The van der Waals surface area contributed by atoms with Crippen molar-refractivity contribution in [3.8, 4) is 0 Å². The fourth-order valence-corrected chi connectivity index (χ4v) is 1.99. The van der Waals surface area contributed by atoms with Gasteiger partial charge in [-0.1, -0.05) is 30.3 Å². The summed E-state index contributed by atoms with van der Waals surface area (Å²) in [6, 6.07) is 10.3. The lowest BCUT2D eigenvalue weighted by atomic mass is 9.91. The average Bonchev–Trinajstić information content (AvgIpc) is 2.23. The summed E-state index contributed by atoms with van der Waals surface area (Å²) < 4.78 is 0. The van der Waals surface area contributed by atoms with Crippen LogP contribution in [0.4, 0.5) is 0 Å². The Balaban J connectivity index is 1.80. The summed E-state index contributed by atoms with van der Waals surface area (Å²) in [5.41, 5.74) is 6.31. The van der Waals surface area contributed by atoms with Gasteiger partial charge in [-0.3, -0.25) is 9.69 Å². The van der Waals surface area contributed by atoms with Crippen molar-refractivity contribution >= 4 is 5.91 Å². The maximum Gasteiger partial charge on any atom is 0.247 e. The number of nitrogens with two attached hydrogens (primary N) is 1. The predicted octanol–water partition coefficient (Wildman–Crippen LogP) is -0.0680. The number of likely N-dealkylation sites (tertiary alicyclic amines) is 1. The van der Waals surface area contributed by atoms with Crippen molar-refractivity contribution < 1.29 is 9.90 Å². The van der Waals surface area contributed by atoms with Crippen LogP contribution in [0.1, 0.15) is 11.5 Å². The van der Waals surface area contributed by atoms with Gasteiger partial charge in [-0.05, 0) is 5.56 Å². The molecule has 1 aliphatic rings. The molecule has 1 fully saturated rings. The number of benzene rings is 1.